The van der Waals surface area contributed by atoms with Gasteiger partial charge in [-0.05, 0) is 13.8 Å². The van der Waals surface area contributed by atoms with Crippen LogP contribution in [0.25, 0.3) is 0 Å². The molecule has 2 unspecified atom stereocenters. The molecule has 0 saturated heterocycles. The minimum atomic E-state index is -0.835. The lowest BCUT2D eigenvalue weighted by molar-refractivity contribution is -0.128. The Labute approximate surface area is 126 Å². The van der Waals surface area contributed by atoms with Crippen LogP contribution in [0.1, 0.15) is 81.6 Å². The third-order valence-electron chi connectivity index (χ3n) is 1.56. The first kappa shape index (κ1) is 27.4. The molecule has 0 rings (SSSR count). The molecule has 0 heterocycles. The van der Waals surface area contributed by atoms with Crippen molar-refractivity contribution in [3.05, 3.63) is 0 Å². The molecule has 0 aliphatic heterocycles. The van der Waals surface area contributed by atoms with Gasteiger partial charge in [-0.2, -0.15) is 0 Å². The molecule has 0 aromatic carbocycles. The van der Waals surface area contributed by atoms with E-state index >= 15 is 0 Å². The number of carbonyl (C=O) groups is 2. The van der Waals surface area contributed by atoms with E-state index in [2.05, 4.69) is 33.0 Å². The van der Waals surface area contributed by atoms with Crippen molar-refractivity contribution in [3.8, 4) is 0 Å². The minimum Gasteiger partial charge on any atom is -0.391 e. The molecule has 4 heteroatoms. The molecule has 0 radical (unpaired) electrons. The maximum Gasteiger partial charge on any atom is 0.220 e. The second kappa shape index (κ2) is 23.2. The molecular weight excluding hydrogens is 254 g/mol. The summed E-state index contributed by atoms with van der Waals surface area (Å²) >= 11 is 0. The summed E-state index contributed by atoms with van der Waals surface area (Å²) in [5, 5.41) is 11.5. The average molecular weight is 291 g/mol. The van der Waals surface area contributed by atoms with Gasteiger partial charge < -0.3 is 10.4 Å². The van der Waals surface area contributed by atoms with Gasteiger partial charge in [-0.3, -0.25) is 9.59 Å². The predicted octanol–water partition coefficient (Wildman–Crippen LogP) is 3.71. The van der Waals surface area contributed by atoms with Gasteiger partial charge in [0.15, 0.2) is 5.78 Å². The normalized spacial score (nSPS) is 11.1. The number of hydrogen-bond acceptors (Lipinski definition) is 3. The van der Waals surface area contributed by atoms with Gasteiger partial charge in [0.25, 0.3) is 0 Å². The third kappa shape index (κ3) is 25.8. The number of aliphatic hydroxyl groups is 1. The molecule has 4 nitrogen and oxygen atoms in total. The van der Waals surface area contributed by atoms with E-state index < -0.39 is 12.1 Å². The van der Waals surface area contributed by atoms with Gasteiger partial charge in [-0.1, -0.05) is 61.3 Å². The molecule has 0 bridgehead atoms. The van der Waals surface area contributed by atoms with Gasteiger partial charge in [-0.15, -0.1) is 0 Å². The highest BCUT2D eigenvalue weighted by molar-refractivity contribution is 5.87. The molecular formula is C16H37NO3. The van der Waals surface area contributed by atoms with Crippen molar-refractivity contribution in [2.24, 2.45) is 0 Å². The first-order chi connectivity index (χ1) is 9.31. The third-order valence-corrected chi connectivity index (χ3v) is 1.56. The lowest BCUT2D eigenvalue weighted by Gasteiger charge is -2.17. The molecule has 0 aromatic heterocycles. The van der Waals surface area contributed by atoms with Gasteiger partial charge >= 0.3 is 0 Å². The van der Waals surface area contributed by atoms with E-state index in [1.54, 1.807) is 6.92 Å². The Morgan fingerprint density at radius 1 is 1.00 bits per heavy atom. The quantitative estimate of drug-likeness (QED) is 0.829. The fourth-order valence-electron chi connectivity index (χ4n) is 0.837. The highest BCUT2D eigenvalue weighted by Crippen LogP contribution is 1.94. The minimum absolute atomic E-state index is 0.226. The zero-order valence-corrected chi connectivity index (χ0v) is 15.0. The van der Waals surface area contributed by atoms with E-state index in [1.807, 2.05) is 13.8 Å². The first-order valence-corrected chi connectivity index (χ1v) is 7.79. The summed E-state index contributed by atoms with van der Waals surface area (Å²) in [5.74, 6) is -0.456. The van der Waals surface area contributed by atoms with Crippen LogP contribution in [0, 0.1) is 0 Å². The Balaban J connectivity index is -0.000000133. The first-order valence-electron chi connectivity index (χ1n) is 7.79. The van der Waals surface area contributed by atoms with Crippen LogP contribution in [0.3, 0.4) is 0 Å². The Morgan fingerprint density at radius 2 is 1.30 bits per heavy atom. The maximum absolute atomic E-state index is 10.9. The Morgan fingerprint density at radius 3 is 1.45 bits per heavy atom. The number of rotatable bonds is 4. The zero-order valence-electron chi connectivity index (χ0n) is 15.0. The Bertz CT molecular complexity index is 202. The zero-order chi connectivity index (χ0) is 17.1. The van der Waals surface area contributed by atoms with Gasteiger partial charge in [0.1, 0.15) is 6.04 Å². The summed E-state index contributed by atoms with van der Waals surface area (Å²) in [5.41, 5.74) is 0. The number of Topliss-reactive ketones (excluding diaryl/α,β-unsaturated/α-hetero) is 1. The van der Waals surface area contributed by atoms with E-state index in [0.29, 0.717) is 6.42 Å². The molecule has 0 spiro atoms. The van der Waals surface area contributed by atoms with E-state index in [1.165, 1.54) is 26.7 Å². The van der Waals surface area contributed by atoms with E-state index in [0.717, 1.165) is 0 Å². The molecule has 20 heavy (non-hydrogen) atoms. The molecule has 0 saturated carbocycles. The summed E-state index contributed by atoms with van der Waals surface area (Å²) in [6, 6.07) is -0.766. The molecule has 0 aliphatic carbocycles. The lowest BCUT2D eigenvalue weighted by atomic mass is 10.1. The van der Waals surface area contributed by atoms with Crippen LogP contribution < -0.4 is 5.32 Å². The number of nitrogens with one attached hydrogen (secondary N) is 1. The topological polar surface area (TPSA) is 66.4 Å². The fourth-order valence-corrected chi connectivity index (χ4v) is 0.837. The van der Waals surface area contributed by atoms with Crippen molar-refractivity contribution in [1.82, 2.24) is 5.32 Å². The van der Waals surface area contributed by atoms with Crippen molar-refractivity contribution in [2.75, 3.05) is 0 Å². The molecule has 1 amide bonds. The van der Waals surface area contributed by atoms with E-state index in [4.69, 9.17) is 5.11 Å². The molecule has 0 aromatic rings. The molecule has 2 N–H and O–H groups in total. The summed E-state index contributed by atoms with van der Waals surface area (Å²) in [7, 11) is 0. The largest absolute Gasteiger partial charge is 0.391 e. The monoisotopic (exact) mass is 291 g/mol. The lowest BCUT2D eigenvalue weighted by Crippen LogP contribution is -2.46. The van der Waals surface area contributed by atoms with Crippen molar-refractivity contribution in [3.63, 3.8) is 0 Å². The number of carbonyl (C=O) groups excluding carboxylic acids is 2. The van der Waals surface area contributed by atoms with Crippen molar-refractivity contribution in [1.29, 1.82) is 0 Å². The number of aliphatic hydroxyl groups excluding tert-OH is 1. The van der Waals surface area contributed by atoms with Crippen LogP contribution in [0.2, 0.25) is 0 Å². The summed E-state index contributed by atoms with van der Waals surface area (Å²) in [4.78, 5) is 21.7. The Kier molecular flexibility index (Phi) is 31.9. The second-order valence-electron chi connectivity index (χ2n) is 4.16. The van der Waals surface area contributed by atoms with E-state index in [9.17, 15) is 9.59 Å². The maximum atomic E-state index is 10.9. The van der Waals surface area contributed by atoms with Crippen LogP contribution in [0.15, 0.2) is 0 Å². The molecule has 124 valence electrons. The Hall–Kier alpha value is -0.900. The summed E-state index contributed by atoms with van der Waals surface area (Å²) < 4.78 is 0. The van der Waals surface area contributed by atoms with Crippen LogP contribution in [0.5, 0.6) is 0 Å². The van der Waals surface area contributed by atoms with Crippen LogP contribution in [0.4, 0.5) is 0 Å². The van der Waals surface area contributed by atoms with Crippen LogP contribution in [-0.2, 0) is 9.59 Å². The smallest absolute Gasteiger partial charge is 0.220 e. The van der Waals surface area contributed by atoms with E-state index in [-0.39, 0.29) is 11.7 Å². The highest BCUT2D eigenvalue weighted by Gasteiger charge is 2.20. The predicted molar refractivity (Wildman–Crippen MR) is 87.9 cm³/mol. The fraction of sp³-hybridized carbons (Fsp3) is 0.875. The number of hydrogen-bond donors (Lipinski definition) is 2. The van der Waals surface area contributed by atoms with Crippen LogP contribution >= 0.6 is 0 Å². The SMILES string of the molecule is CC.CCC.CCC.CCC(=O)NC(C(C)=O)C(C)O. The summed E-state index contributed by atoms with van der Waals surface area (Å²) in [6.45, 7) is 17.0. The molecule has 0 aliphatic rings. The molecule has 2 atom stereocenters. The number of ketones is 1. The van der Waals surface area contributed by atoms with Crippen molar-refractivity contribution >= 4 is 11.7 Å². The highest BCUT2D eigenvalue weighted by atomic mass is 16.3. The molecule has 0 fully saturated rings. The van der Waals surface area contributed by atoms with Crippen LogP contribution in [-0.4, -0.2) is 28.9 Å². The second-order valence-corrected chi connectivity index (χ2v) is 4.16. The number of amides is 1. The van der Waals surface area contributed by atoms with Gasteiger partial charge in [0, 0.05) is 6.42 Å². The standard InChI is InChI=1S/C8H15NO3.2C3H8.C2H6/c1-4-7(12)9-8(5(2)10)6(3)11;2*1-3-2;1-2/h5,8,10H,4H2,1-3H3,(H,9,12);2*3H2,1-2H3;1-2H3. The average Bonchev–Trinajstić information content (AvgIpc) is 2.39. The van der Waals surface area contributed by atoms with Crippen molar-refractivity contribution < 1.29 is 14.7 Å². The van der Waals surface area contributed by atoms with Gasteiger partial charge in [-0.25, -0.2) is 0 Å². The summed E-state index contributed by atoms with van der Waals surface area (Å²) in [6.07, 6.45) is 1.98. The van der Waals surface area contributed by atoms with Gasteiger partial charge in [0.2, 0.25) is 5.91 Å². The van der Waals surface area contributed by atoms with Gasteiger partial charge in [0.05, 0.1) is 6.10 Å². The van der Waals surface area contributed by atoms with Crippen molar-refractivity contribution in [2.45, 2.75) is 93.7 Å².